The number of nitro groups is 1. The van der Waals surface area contributed by atoms with Crippen molar-refractivity contribution in [2.24, 2.45) is 0 Å². The van der Waals surface area contributed by atoms with Gasteiger partial charge in [-0.3, -0.25) is 19.7 Å². The van der Waals surface area contributed by atoms with Crippen LogP contribution in [-0.4, -0.2) is 45.9 Å². The highest BCUT2D eigenvalue weighted by Crippen LogP contribution is 2.31. The van der Waals surface area contributed by atoms with Gasteiger partial charge in [0.15, 0.2) is 0 Å². The van der Waals surface area contributed by atoms with Crippen LogP contribution in [0.2, 0.25) is 0 Å². The topological polar surface area (TPSA) is 108 Å². The number of hydrogen-bond donors (Lipinski definition) is 2. The molecule has 1 aromatic heterocycles. The van der Waals surface area contributed by atoms with Crippen LogP contribution in [0.3, 0.4) is 0 Å². The van der Waals surface area contributed by atoms with Crippen molar-refractivity contribution in [1.82, 2.24) is 15.2 Å². The molecule has 2 atom stereocenters. The van der Waals surface area contributed by atoms with E-state index in [-0.39, 0.29) is 34.8 Å². The van der Waals surface area contributed by atoms with Crippen molar-refractivity contribution in [2.75, 3.05) is 13.1 Å². The molecule has 2 unspecified atom stereocenters. The number of pyridine rings is 1. The Morgan fingerprint density at radius 3 is 2.80 bits per heavy atom. The van der Waals surface area contributed by atoms with E-state index in [1.165, 1.54) is 24.3 Å². The van der Waals surface area contributed by atoms with E-state index in [0.29, 0.717) is 10.9 Å². The maximum atomic E-state index is 13.2. The van der Waals surface area contributed by atoms with E-state index >= 15 is 0 Å². The number of carbonyl (C=O) groups is 1. The lowest BCUT2D eigenvalue weighted by molar-refractivity contribution is -0.384. The van der Waals surface area contributed by atoms with Crippen LogP contribution in [0.25, 0.3) is 10.9 Å². The largest absolute Gasteiger partial charge is 0.331 e. The van der Waals surface area contributed by atoms with Crippen LogP contribution in [0.1, 0.15) is 29.6 Å². The van der Waals surface area contributed by atoms with E-state index in [2.05, 4.69) is 10.3 Å². The number of nitrogens with zero attached hydrogens (tertiary/aromatic N) is 2. The third-order valence-corrected chi connectivity index (χ3v) is 5.16. The van der Waals surface area contributed by atoms with E-state index < -0.39 is 4.92 Å². The number of benzene rings is 1. The molecule has 4 rings (SSSR count). The van der Waals surface area contributed by atoms with Crippen LogP contribution in [0.5, 0.6) is 0 Å². The fraction of sp³-hybridized carbons (Fsp3) is 0.412. The van der Waals surface area contributed by atoms with Crippen molar-refractivity contribution in [3.63, 3.8) is 0 Å². The molecule has 0 radical (unpaired) electrons. The van der Waals surface area contributed by atoms with Crippen LogP contribution >= 0.6 is 0 Å². The minimum Gasteiger partial charge on any atom is -0.331 e. The first-order valence-corrected chi connectivity index (χ1v) is 8.39. The number of H-pyrrole nitrogens is 1. The van der Waals surface area contributed by atoms with Crippen LogP contribution in [0, 0.1) is 10.1 Å². The van der Waals surface area contributed by atoms with Gasteiger partial charge in [0.1, 0.15) is 0 Å². The standard InChI is InChI=1S/C17H18N4O4/c22-16-8-14(13-7-11(21(24)25)3-4-15(13)19-16)17(23)20-10-1-2-12(20)9-18-6-5-10/h3-4,7-8,10,12,18H,1-2,5-6,9H2,(H,19,22). The highest BCUT2D eigenvalue weighted by molar-refractivity contribution is 6.06. The quantitative estimate of drug-likeness (QED) is 0.633. The second kappa shape index (κ2) is 5.96. The Balaban J connectivity index is 1.84. The lowest BCUT2D eigenvalue weighted by Gasteiger charge is -2.28. The van der Waals surface area contributed by atoms with Gasteiger partial charge in [0.25, 0.3) is 11.6 Å². The molecule has 8 heteroatoms. The molecule has 3 heterocycles. The highest BCUT2D eigenvalue weighted by atomic mass is 16.6. The minimum atomic E-state index is -0.502. The smallest absolute Gasteiger partial charge is 0.270 e. The third kappa shape index (κ3) is 2.68. The maximum absolute atomic E-state index is 13.2. The number of aromatic amines is 1. The molecule has 1 amide bonds. The van der Waals surface area contributed by atoms with Gasteiger partial charge in [-0.1, -0.05) is 0 Å². The SMILES string of the molecule is O=C(c1cc(=O)[nH]c2ccc([N+](=O)[O-])cc12)N1C2CCNCC1CC2. The molecule has 1 aromatic carbocycles. The van der Waals surface area contributed by atoms with Crippen molar-refractivity contribution < 1.29 is 9.72 Å². The Morgan fingerprint density at radius 1 is 1.20 bits per heavy atom. The molecular weight excluding hydrogens is 324 g/mol. The molecule has 0 saturated carbocycles. The predicted octanol–water partition coefficient (Wildman–Crippen LogP) is 1.40. The molecule has 2 aliphatic heterocycles. The van der Waals surface area contributed by atoms with Gasteiger partial charge in [0.2, 0.25) is 5.56 Å². The minimum absolute atomic E-state index is 0.103. The average molecular weight is 342 g/mol. The number of fused-ring (bicyclic) bond motifs is 3. The molecule has 2 aromatic rings. The summed E-state index contributed by atoms with van der Waals surface area (Å²) in [6.45, 7) is 1.61. The zero-order valence-corrected chi connectivity index (χ0v) is 13.5. The second-order valence-corrected chi connectivity index (χ2v) is 6.62. The van der Waals surface area contributed by atoms with Crippen molar-refractivity contribution in [3.05, 3.63) is 50.3 Å². The maximum Gasteiger partial charge on any atom is 0.270 e. The first-order chi connectivity index (χ1) is 12.0. The molecule has 0 aliphatic carbocycles. The van der Waals surface area contributed by atoms with Crippen molar-refractivity contribution >= 4 is 22.5 Å². The third-order valence-electron chi connectivity index (χ3n) is 5.16. The zero-order chi connectivity index (χ0) is 17.6. The summed E-state index contributed by atoms with van der Waals surface area (Å²) in [7, 11) is 0. The van der Waals surface area contributed by atoms with Gasteiger partial charge in [0.05, 0.1) is 10.5 Å². The number of hydrogen-bond acceptors (Lipinski definition) is 5. The Morgan fingerprint density at radius 2 is 2.00 bits per heavy atom. The summed E-state index contributed by atoms with van der Waals surface area (Å²) in [6, 6.07) is 5.67. The molecule has 2 fully saturated rings. The monoisotopic (exact) mass is 342 g/mol. The Kier molecular flexibility index (Phi) is 3.76. The van der Waals surface area contributed by atoms with Crippen molar-refractivity contribution in [2.45, 2.75) is 31.3 Å². The molecule has 8 nitrogen and oxygen atoms in total. The average Bonchev–Trinajstić information content (AvgIpc) is 2.85. The van der Waals surface area contributed by atoms with Gasteiger partial charge in [-0.15, -0.1) is 0 Å². The number of aromatic nitrogens is 1. The highest BCUT2D eigenvalue weighted by Gasteiger charge is 2.38. The van der Waals surface area contributed by atoms with Gasteiger partial charge >= 0.3 is 0 Å². The Bertz CT molecular complexity index is 908. The van der Waals surface area contributed by atoms with Crippen molar-refractivity contribution in [1.29, 1.82) is 0 Å². The molecule has 2 N–H and O–H groups in total. The first-order valence-electron chi connectivity index (χ1n) is 8.39. The summed E-state index contributed by atoms with van der Waals surface area (Å²) in [5.41, 5.74) is 0.182. The summed E-state index contributed by atoms with van der Waals surface area (Å²) < 4.78 is 0. The zero-order valence-electron chi connectivity index (χ0n) is 13.5. The number of amides is 1. The predicted molar refractivity (Wildman–Crippen MR) is 91.7 cm³/mol. The van der Waals surface area contributed by atoms with Crippen LogP contribution < -0.4 is 10.9 Å². The molecule has 2 saturated heterocycles. The molecule has 25 heavy (non-hydrogen) atoms. The first kappa shape index (κ1) is 15.8. The Hall–Kier alpha value is -2.74. The lowest BCUT2D eigenvalue weighted by Crippen LogP contribution is -2.42. The summed E-state index contributed by atoms with van der Waals surface area (Å²) >= 11 is 0. The summed E-state index contributed by atoms with van der Waals surface area (Å²) in [5, 5.41) is 14.8. The molecule has 0 spiro atoms. The summed E-state index contributed by atoms with van der Waals surface area (Å²) in [4.78, 5) is 40.3. The van der Waals surface area contributed by atoms with Gasteiger partial charge < -0.3 is 15.2 Å². The Labute approximate surface area is 143 Å². The van der Waals surface area contributed by atoms with Gasteiger partial charge in [-0.05, 0) is 31.9 Å². The second-order valence-electron chi connectivity index (χ2n) is 6.62. The van der Waals surface area contributed by atoms with Gasteiger partial charge in [-0.2, -0.15) is 0 Å². The number of carbonyl (C=O) groups excluding carboxylic acids is 1. The van der Waals surface area contributed by atoms with Gasteiger partial charge in [0, 0.05) is 47.7 Å². The fourth-order valence-electron chi connectivity index (χ4n) is 3.99. The summed E-state index contributed by atoms with van der Waals surface area (Å²) in [6.07, 6.45) is 2.77. The lowest BCUT2D eigenvalue weighted by atomic mass is 10.1. The number of rotatable bonds is 2. The van der Waals surface area contributed by atoms with E-state index in [1.807, 2.05) is 4.90 Å². The van der Waals surface area contributed by atoms with E-state index in [9.17, 15) is 19.7 Å². The molecule has 2 aliphatic rings. The van der Waals surface area contributed by atoms with E-state index in [4.69, 9.17) is 0 Å². The molecule has 2 bridgehead atoms. The number of nitrogens with one attached hydrogen (secondary N) is 2. The van der Waals surface area contributed by atoms with Crippen molar-refractivity contribution in [3.8, 4) is 0 Å². The molecule has 130 valence electrons. The van der Waals surface area contributed by atoms with E-state index in [0.717, 1.165) is 32.4 Å². The van der Waals surface area contributed by atoms with E-state index in [1.54, 1.807) is 0 Å². The summed E-state index contributed by atoms with van der Waals surface area (Å²) in [5.74, 6) is -0.215. The van der Waals surface area contributed by atoms with Crippen LogP contribution in [0.4, 0.5) is 5.69 Å². The number of non-ortho nitro benzene ring substituents is 1. The van der Waals surface area contributed by atoms with Gasteiger partial charge in [-0.25, -0.2) is 0 Å². The normalized spacial score (nSPS) is 22.8. The van der Waals surface area contributed by atoms with Crippen LogP contribution in [-0.2, 0) is 0 Å². The fourth-order valence-corrected chi connectivity index (χ4v) is 3.99. The molecular formula is C17H18N4O4. The van der Waals surface area contributed by atoms with Crippen LogP contribution in [0.15, 0.2) is 29.1 Å². The number of nitro benzene ring substituents is 1.